The zero-order valence-electron chi connectivity index (χ0n) is 5.10. The predicted octanol–water partition coefficient (Wildman–Crippen LogP) is 0.999. The molecule has 0 unspecified atom stereocenters. The van der Waals surface area contributed by atoms with E-state index >= 15 is 0 Å². The Bertz CT molecular complexity index is 202. The molecule has 9 heavy (non-hydrogen) atoms. The van der Waals surface area contributed by atoms with Crippen LogP contribution in [0.25, 0.3) is 0 Å². The maximum absolute atomic E-state index is 5.72. The molecular formula is C6H7ClOSi. The summed E-state index contributed by atoms with van der Waals surface area (Å²) < 4.78 is 5.05. The van der Waals surface area contributed by atoms with Gasteiger partial charge in [0.15, 0.2) is 0 Å². The molecule has 0 heterocycles. The van der Waals surface area contributed by atoms with Gasteiger partial charge in [0.2, 0.25) is 10.5 Å². The highest BCUT2D eigenvalue weighted by Gasteiger charge is 1.92. The molecule has 0 N–H and O–H groups in total. The van der Waals surface area contributed by atoms with E-state index in [9.17, 15) is 0 Å². The topological polar surface area (TPSA) is 9.23 Å². The minimum absolute atomic E-state index is 0.688. The largest absolute Gasteiger partial charge is 0.552 e. The van der Waals surface area contributed by atoms with Crippen LogP contribution in [0, 0.1) is 0 Å². The summed E-state index contributed by atoms with van der Waals surface area (Å²) in [5, 5.41) is 0.688. The van der Waals surface area contributed by atoms with Gasteiger partial charge in [-0.05, 0) is 12.1 Å². The van der Waals surface area contributed by atoms with Crippen molar-refractivity contribution in [2.75, 3.05) is 0 Å². The van der Waals surface area contributed by atoms with E-state index in [2.05, 4.69) is 0 Å². The molecule has 1 rings (SSSR count). The third-order valence-corrected chi connectivity index (χ3v) is 1.81. The molecular weight excluding hydrogens is 152 g/mol. The van der Waals surface area contributed by atoms with Crippen molar-refractivity contribution in [3.8, 4) is 5.75 Å². The summed E-state index contributed by atoms with van der Waals surface area (Å²) in [6, 6.07) is 7.45. The normalized spacial score (nSPS) is 9.44. The Kier molecular flexibility index (Phi) is 2.14. The van der Waals surface area contributed by atoms with E-state index in [1.807, 2.05) is 24.3 Å². The minimum atomic E-state index is 0.688. The maximum atomic E-state index is 5.72. The first kappa shape index (κ1) is 6.64. The number of benzene rings is 1. The highest BCUT2D eigenvalue weighted by molar-refractivity contribution is 6.32. The Morgan fingerprint density at radius 2 is 2.00 bits per heavy atom. The van der Waals surface area contributed by atoms with E-state index in [4.69, 9.17) is 16.0 Å². The molecule has 48 valence electrons. The molecule has 0 atom stereocenters. The third-order valence-electron chi connectivity index (χ3n) is 1.06. The SMILES string of the molecule is [SiH3]Oc1ccccc1Cl. The van der Waals surface area contributed by atoms with Gasteiger partial charge in [-0.15, -0.1) is 0 Å². The maximum Gasteiger partial charge on any atom is 0.204 e. The average Bonchev–Trinajstić information content (AvgIpc) is 1.89. The van der Waals surface area contributed by atoms with Crippen LogP contribution in [-0.4, -0.2) is 10.5 Å². The molecule has 0 aliphatic carbocycles. The van der Waals surface area contributed by atoms with E-state index in [-0.39, 0.29) is 0 Å². The fraction of sp³-hybridized carbons (Fsp3) is 0. The molecule has 0 saturated heterocycles. The van der Waals surface area contributed by atoms with Crippen LogP contribution in [0.2, 0.25) is 5.02 Å². The molecule has 0 aliphatic heterocycles. The summed E-state index contributed by atoms with van der Waals surface area (Å²) >= 11 is 5.72. The lowest BCUT2D eigenvalue weighted by atomic mass is 10.3. The van der Waals surface area contributed by atoms with E-state index in [1.165, 1.54) is 0 Å². The summed E-state index contributed by atoms with van der Waals surface area (Å²) in [6.45, 7) is 0. The molecule has 0 bridgehead atoms. The van der Waals surface area contributed by atoms with Crippen LogP contribution >= 0.6 is 11.6 Å². The molecule has 0 saturated carbocycles. The Morgan fingerprint density at radius 1 is 1.33 bits per heavy atom. The lowest BCUT2D eigenvalue weighted by molar-refractivity contribution is 0.616. The van der Waals surface area contributed by atoms with Gasteiger partial charge in [-0.25, -0.2) is 0 Å². The lowest BCUT2D eigenvalue weighted by Crippen LogP contribution is -1.84. The summed E-state index contributed by atoms with van der Waals surface area (Å²) in [6.07, 6.45) is 0. The average molecular weight is 159 g/mol. The van der Waals surface area contributed by atoms with Crippen molar-refractivity contribution in [2.24, 2.45) is 0 Å². The summed E-state index contributed by atoms with van der Waals surface area (Å²) in [5.41, 5.74) is 0. The summed E-state index contributed by atoms with van der Waals surface area (Å²) in [7, 11) is 0.691. The van der Waals surface area contributed by atoms with E-state index in [1.54, 1.807) is 0 Å². The first-order valence-corrected chi connectivity index (χ1v) is 3.82. The second-order valence-corrected chi connectivity index (χ2v) is 2.45. The summed E-state index contributed by atoms with van der Waals surface area (Å²) in [5.74, 6) is 0.783. The fourth-order valence-corrected chi connectivity index (χ4v) is 1.31. The highest BCUT2D eigenvalue weighted by Crippen LogP contribution is 2.21. The number of hydrogen-bond acceptors (Lipinski definition) is 1. The number of hydrogen-bond donors (Lipinski definition) is 0. The van der Waals surface area contributed by atoms with Crippen LogP contribution < -0.4 is 4.43 Å². The van der Waals surface area contributed by atoms with E-state index < -0.39 is 0 Å². The highest BCUT2D eigenvalue weighted by atomic mass is 35.5. The Balaban J connectivity index is 3.01. The molecule has 1 aromatic rings. The quantitative estimate of drug-likeness (QED) is 0.555. The van der Waals surface area contributed by atoms with Crippen molar-refractivity contribution in [3.05, 3.63) is 29.3 Å². The Labute approximate surface area is 62.1 Å². The van der Waals surface area contributed by atoms with Crippen LogP contribution in [0.5, 0.6) is 5.75 Å². The second kappa shape index (κ2) is 2.89. The van der Waals surface area contributed by atoms with Crippen molar-refractivity contribution >= 4 is 22.1 Å². The number of para-hydroxylation sites is 1. The molecule has 3 heteroatoms. The van der Waals surface area contributed by atoms with E-state index in [0.717, 1.165) is 5.75 Å². The molecule has 0 aromatic heterocycles. The number of halogens is 1. The van der Waals surface area contributed by atoms with Crippen molar-refractivity contribution in [3.63, 3.8) is 0 Å². The molecule has 0 fully saturated rings. The molecule has 0 spiro atoms. The van der Waals surface area contributed by atoms with E-state index in [0.29, 0.717) is 15.5 Å². The standard InChI is InChI=1S/C6H7ClOSi/c7-5-3-1-2-4-6(5)8-9/h1-4H,9H3. The zero-order chi connectivity index (χ0) is 6.69. The van der Waals surface area contributed by atoms with Gasteiger partial charge in [-0.1, -0.05) is 23.7 Å². The number of rotatable bonds is 1. The van der Waals surface area contributed by atoms with Crippen molar-refractivity contribution in [2.45, 2.75) is 0 Å². The fourth-order valence-electron chi connectivity index (χ4n) is 0.610. The van der Waals surface area contributed by atoms with Crippen LogP contribution in [0.15, 0.2) is 24.3 Å². The lowest BCUT2D eigenvalue weighted by Gasteiger charge is -1.99. The van der Waals surface area contributed by atoms with Gasteiger partial charge in [-0.2, -0.15) is 0 Å². The first-order valence-electron chi connectivity index (χ1n) is 2.63. The monoisotopic (exact) mass is 158 g/mol. The molecule has 0 amide bonds. The molecule has 1 nitrogen and oxygen atoms in total. The van der Waals surface area contributed by atoms with Crippen LogP contribution in [0.1, 0.15) is 0 Å². The smallest absolute Gasteiger partial charge is 0.204 e. The summed E-state index contributed by atoms with van der Waals surface area (Å²) in [4.78, 5) is 0. The van der Waals surface area contributed by atoms with Crippen LogP contribution in [0.4, 0.5) is 0 Å². The molecule has 0 radical (unpaired) electrons. The zero-order valence-corrected chi connectivity index (χ0v) is 7.85. The van der Waals surface area contributed by atoms with Gasteiger partial charge in [0.1, 0.15) is 5.75 Å². The third kappa shape index (κ3) is 1.47. The second-order valence-electron chi connectivity index (χ2n) is 1.63. The van der Waals surface area contributed by atoms with Gasteiger partial charge < -0.3 is 4.43 Å². The van der Waals surface area contributed by atoms with Crippen molar-refractivity contribution in [1.82, 2.24) is 0 Å². The van der Waals surface area contributed by atoms with Crippen LogP contribution in [0.3, 0.4) is 0 Å². The molecule has 0 aliphatic rings. The van der Waals surface area contributed by atoms with Crippen molar-refractivity contribution < 1.29 is 4.43 Å². The van der Waals surface area contributed by atoms with Gasteiger partial charge in [0.25, 0.3) is 0 Å². The molecule has 1 aromatic carbocycles. The Hall–Kier alpha value is -0.473. The van der Waals surface area contributed by atoms with Gasteiger partial charge >= 0.3 is 0 Å². The van der Waals surface area contributed by atoms with Gasteiger partial charge in [0, 0.05) is 0 Å². The van der Waals surface area contributed by atoms with Gasteiger partial charge in [-0.3, -0.25) is 0 Å². The van der Waals surface area contributed by atoms with Gasteiger partial charge in [0.05, 0.1) is 5.02 Å². The minimum Gasteiger partial charge on any atom is -0.552 e. The van der Waals surface area contributed by atoms with Crippen molar-refractivity contribution in [1.29, 1.82) is 0 Å². The predicted molar refractivity (Wildman–Crippen MR) is 42.0 cm³/mol. The van der Waals surface area contributed by atoms with Crippen LogP contribution in [-0.2, 0) is 0 Å². The Morgan fingerprint density at radius 3 is 2.44 bits per heavy atom. The first-order chi connectivity index (χ1) is 4.34.